The van der Waals surface area contributed by atoms with Crippen molar-refractivity contribution in [2.45, 2.75) is 46.4 Å². The van der Waals surface area contributed by atoms with E-state index in [1.54, 1.807) is 0 Å². The van der Waals surface area contributed by atoms with Crippen molar-refractivity contribution >= 4 is 20.5 Å². The lowest BCUT2D eigenvalue weighted by molar-refractivity contribution is 0.633. The van der Waals surface area contributed by atoms with E-state index in [1.807, 2.05) is 20.8 Å². The van der Waals surface area contributed by atoms with Gasteiger partial charge in [-0.1, -0.05) is 39.9 Å². The van der Waals surface area contributed by atoms with Gasteiger partial charge < -0.3 is 0 Å². The van der Waals surface area contributed by atoms with Crippen LogP contribution in [0.5, 0.6) is 0 Å². The van der Waals surface area contributed by atoms with Crippen molar-refractivity contribution in [1.82, 2.24) is 0 Å². The molecule has 0 aromatic rings. The van der Waals surface area contributed by atoms with Crippen molar-refractivity contribution in [2.24, 2.45) is 5.92 Å². The summed E-state index contributed by atoms with van der Waals surface area (Å²) in [5.74, 6) is 1.85. The SMILES string of the molecule is CC(C)CCS.[B]C(C)(C)C. The third-order valence-corrected chi connectivity index (χ3v) is 0.965. The Morgan fingerprint density at radius 2 is 1.55 bits per heavy atom. The monoisotopic (exact) mass is 172 g/mol. The Balaban J connectivity index is 0. The van der Waals surface area contributed by atoms with Gasteiger partial charge in [-0.05, 0) is 18.1 Å². The Morgan fingerprint density at radius 3 is 1.55 bits per heavy atom. The maximum absolute atomic E-state index is 5.35. The van der Waals surface area contributed by atoms with Crippen molar-refractivity contribution in [3.63, 3.8) is 0 Å². The average molecular weight is 172 g/mol. The van der Waals surface area contributed by atoms with Gasteiger partial charge in [-0.25, -0.2) is 0 Å². The highest BCUT2D eigenvalue weighted by molar-refractivity contribution is 7.80. The van der Waals surface area contributed by atoms with Gasteiger partial charge in [0.25, 0.3) is 0 Å². The number of thiol groups is 1. The van der Waals surface area contributed by atoms with Crippen LogP contribution in [0.3, 0.4) is 0 Å². The zero-order valence-corrected chi connectivity index (χ0v) is 9.41. The number of hydrogen-bond donors (Lipinski definition) is 1. The molecule has 0 bridgehead atoms. The highest BCUT2D eigenvalue weighted by Crippen LogP contribution is 2.13. The largest absolute Gasteiger partial charge is 0.179 e. The molecule has 0 saturated heterocycles. The molecule has 2 radical (unpaired) electrons. The van der Waals surface area contributed by atoms with Crippen LogP contribution >= 0.6 is 12.6 Å². The van der Waals surface area contributed by atoms with Gasteiger partial charge in [0, 0.05) is 0 Å². The molecule has 0 spiro atoms. The molecule has 0 aliphatic carbocycles. The average Bonchev–Trinajstić information content (AvgIpc) is 1.58. The Kier molecular flexibility index (Phi) is 9.00. The summed E-state index contributed by atoms with van der Waals surface area (Å²) in [7, 11) is 5.35. The molecule has 0 unspecified atom stereocenters. The summed E-state index contributed by atoms with van der Waals surface area (Å²) < 4.78 is 0. The zero-order chi connectivity index (χ0) is 9.49. The summed E-state index contributed by atoms with van der Waals surface area (Å²) >= 11 is 4.06. The highest BCUT2D eigenvalue weighted by Gasteiger charge is 1.95. The molecule has 0 rings (SSSR count). The molecule has 0 N–H and O–H groups in total. The molecule has 0 aliphatic heterocycles. The first-order chi connectivity index (χ1) is 4.77. The van der Waals surface area contributed by atoms with E-state index in [1.165, 1.54) is 6.42 Å². The molecule has 0 aromatic heterocycles. The van der Waals surface area contributed by atoms with Gasteiger partial charge in [-0.3, -0.25) is 0 Å². The van der Waals surface area contributed by atoms with E-state index in [0.717, 1.165) is 11.7 Å². The van der Waals surface area contributed by atoms with Crippen LogP contribution in [0.4, 0.5) is 0 Å². The summed E-state index contributed by atoms with van der Waals surface area (Å²) in [5.41, 5.74) is 0. The van der Waals surface area contributed by atoms with Gasteiger partial charge in [-0.2, -0.15) is 12.6 Å². The van der Waals surface area contributed by atoms with Crippen LogP contribution in [0.2, 0.25) is 5.31 Å². The Morgan fingerprint density at radius 1 is 1.27 bits per heavy atom. The molecular weight excluding hydrogens is 151 g/mol. The molecule has 0 saturated carbocycles. The van der Waals surface area contributed by atoms with Crippen LogP contribution in [0.15, 0.2) is 0 Å². The molecule has 0 aromatic carbocycles. The second kappa shape index (κ2) is 7.09. The lowest BCUT2D eigenvalue weighted by atomic mass is 9.75. The van der Waals surface area contributed by atoms with Gasteiger partial charge in [0.1, 0.15) is 0 Å². The first-order valence-corrected chi connectivity index (χ1v) is 4.80. The predicted octanol–water partition coefficient (Wildman–Crippen LogP) is 3.34. The number of hydrogen-bond acceptors (Lipinski definition) is 1. The second-order valence-electron chi connectivity index (χ2n) is 4.27. The van der Waals surface area contributed by atoms with Gasteiger partial charge in [-0.15, -0.1) is 0 Å². The van der Waals surface area contributed by atoms with Crippen LogP contribution in [0.25, 0.3) is 0 Å². The van der Waals surface area contributed by atoms with E-state index in [9.17, 15) is 0 Å². The van der Waals surface area contributed by atoms with Crippen LogP contribution < -0.4 is 0 Å². The van der Waals surface area contributed by atoms with E-state index in [0.29, 0.717) is 0 Å². The van der Waals surface area contributed by atoms with Crippen LogP contribution in [0.1, 0.15) is 41.0 Å². The molecule has 0 amide bonds. The Labute approximate surface area is 79.0 Å². The summed E-state index contributed by atoms with van der Waals surface area (Å²) in [5, 5.41) is 0. The van der Waals surface area contributed by atoms with E-state index in [4.69, 9.17) is 7.85 Å². The van der Waals surface area contributed by atoms with E-state index < -0.39 is 0 Å². The fourth-order valence-electron chi connectivity index (χ4n) is 0.258. The summed E-state index contributed by atoms with van der Waals surface area (Å²) in [6.07, 6.45) is 1.24. The lowest BCUT2D eigenvalue weighted by Gasteiger charge is -2.05. The molecule has 0 nitrogen and oxygen atoms in total. The Bertz CT molecular complexity index is 68.1. The fraction of sp³-hybridized carbons (Fsp3) is 1.00. The van der Waals surface area contributed by atoms with Crippen molar-refractivity contribution in [3.8, 4) is 0 Å². The lowest BCUT2D eigenvalue weighted by Crippen LogP contribution is -1.90. The normalized spacial score (nSPS) is 10.8. The van der Waals surface area contributed by atoms with Gasteiger partial charge in [0.2, 0.25) is 0 Å². The van der Waals surface area contributed by atoms with Crippen LogP contribution in [0, 0.1) is 5.92 Å². The summed E-state index contributed by atoms with van der Waals surface area (Å²) in [4.78, 5) is 0. The van der Waals surface area contributed by atoms with Crippen molar-refractivity contribution in [2.75, 3.05) is 5.75 Å². The molecular formula is C9H21BS. The van der Waals surface area contributed by atoms with Crippen molar-refractivity contribution in [3.05, 3.63) is 0 Å². The molecule has 0 fully saturated rings. The smallest absolute Gasteiger partial charge is 0.0735 e. The van der Waals surface area contributed by atoms with Crippen molar-refractivity contribution in [1.29, 1.82) is 0 Å². The molecule has 2 heteroatoms. The molecule has 0 heterocycles. The first kappa shape index (κ1) is 14.0. The second-order valence-corrected chi connectivity index (χ2v) is 4.72. The molecule has 0 atom stereocenters. The van der Waals surface area contributed by atoms with Crippen LogP contribution in [-0.2, 0) is 0 Å². The minimum Gasteiger partial charge on any atom is -0.179 e. The zero-order valence-electron chi connectivity index (χ0n) is 8.52. The predicted molar refractivity (Wildman–Crippen MR) is 58.8 cm³/mol. The molecule has 0 aliphatic rings. The minimum atomic E-state index is 0. The van der Waals surface area contributed by atoms with E-state index in [-0.39, 0.29) is 5.31 Å². The maximum atomic E-state index is 5.35. The summed E-state index contributed by atoms with van der Waals surface area (Å²) in [6, 6.07) is 0. The summed E-state index contributed by atoms with van der Waals surface area (Å²) in [6.45, 7) is 10.3. The van der Waals surface area contributed by atoms with Gasteiger partial charge in [0.05, 0.1) is 7.85 Å². The van der Waals surface area contributed by atoms with Gasteiger partial charge >= 0.3 is 0 Å². The van der Waals surface area contributed by atoms with Crippen molar-refractivity contribution < 1.29 is 0 Å². The third-order valence-electron chi connectivity index (χ3n) is 0.706. The first-order valence-electron chi connectivity index (χ1n) is 4.17. The fourth-order valence-corrected chi connectivity index (χ4v) is 0.775. The quantitative estimate of drug-likeness (QED) is 0.479. The van der Waals surface area contributed by atoms with Crippen LogP contribution in [-0.4, -0.2) is 13.6 Å². The Hall–Kier alpha value is 0.415. The molecule has 66 valence electrons. The highest BCUT2D eigenvalue weighted by atomic mass is 32.1. The third kappa shape index (κ3) is 63.2. The van der Waals surface area contributed by atoms with E-state index >= 15 is 0 Å². The standard InChI is InChI=1S/C5H12S.C4H9B/c1-5(2)3-4-6;1-4(2,3)5/h5-6H,3-4H2,1-2H3;1-3H3. The van der Waals surface area contributed by atoms with E-state index in [2.05, 4.69) is 26.5 Å². The van der Waals surface area contributed by atoms with Gasteiger partial charge in [0.15, 0.2) is 0 Å². The maximum Gasteiger partial charge on any atom is 0.0735 e. The minimum absolute atomic E-state index is 0. The number of rotatable bonds is 2. The molecule has 11 heavy (non-hydrogen) atoms. The topological polar surface area (TPSA) is 0 Å².